The molecule has 0 unspecified atom stereocenters. The zero-order valence-corrected chi connectivity index (χ0v) is 18.9. The number of ether oxygens (including phenoxy) is 1. The Bertz CT molecular complexity index is 1260. The molecule has 5 rings (SSSR count). The van der Waals surface area contributed by atoms with Crippen molar-refractivity contribution in [1.29, 1.82) is 0 Å². The van der Waals surface area contributed by atoms with E-state index in [1.807, 2.05) is 24.3 Å². The standard InChI is InChI=1S/C25H25N5O4/c1-34-19-11-5-16(6-12-19)23-22-20(30(27-23)25(26)33)13-15-29(24(22)32)18-9-7-17(8-10-18)28-14-3-2-4-21(28)31/h5-12H,2-4,13-15H2,1H3,(H2,26,33). The topological polar surface area (TPSA) is 111 Å². The lowest BCUT2D eigenvalue weighted by Crippen LogP contribution is -2.39. The minimum Gasteiger partial charge on any atom is -0.497 e. The van der Waals surface area contributed by atoms with Gasteiger partial charge < -0.3 is 20.3 Å². The van der Waals surface area contributed by atoms with E-state index in [4.69, 9.17) is 10.5 Å². The Morgan fingerprint density at radius 1 is 0.912 bits per heavy atom. The van der Waals surface area contributed by atoms with E-state index in [9.17, 15) is 14.4 Å². The summed E-state index contributed by atoms with van der Waals surface area (Å²) < 4.78 is 6.34. The van der Waals surface area contributed by atoms with Gasteiger partial charge >= 0.3 is 6.03 Å². The largest absolute Gasteiger partial charge is 0.497 e. The molecule has 2 aromatic carbocycles. The maximum Gasteiger partial charge on any atom is 0.339 e. The third-order valence-corrected chi connectivity index (χ3v) is 6.38. The van der Waals surface area contributed by atoms with E-state index >= 15 is 0 Å². The van der Waals surface area contributed by atoms with Crippen LogP contribution in [0.2, 0.25) is 0 Å². The van der Waals surface area contributed by atoms with Crippen molar-refractivity contribution in [1.82, 2.24) is 9.78 Å². The van der Waals surface area contributed by atoms with Crippen LogP contribution >= 0.6 is 0 Å². The fourth-order valence-corrected chi connectivity index (χ4v) is 4.63. The molecule has 174 valence electrons. The van der Waals surface area contributed by atoms with Crippen molar-refractivity contribution in [3.63, 3.8) is 0 Å². The molecule has 0 aliphatic carbocycles. The van der Waals surface area contributed by atoms with Gasteiger partial charge in [-0.2, -0.15) is 9.78 Å². The number of benzene rings is 2. The maximum absolute atomic E-state index is 13.6. The molecule has 9 nitrogen and oxygen atoms in total. The fourth-order valence-electron chi connectivity index (χ4n) is 4.63. The average Bonchev–Trinajstić information content (AvgIpc) is 3.26. The zero-order chi connectivity index (χ0) is 23.8. The Balaban J connectivity index is 1.49. The van der Waals surface area contributed by atoms with Gasteiger partial charge in [0.25, 0.3) is 5.91 Å². The van der Waals surface area contributed by atoms with E-state index in [-0.39, 0.29) is 11.8 Å². The number of nitrogens with two attached hydrogens (primary N) is 1. The van der Waals surface area contributed by atoms with Crippen LogP contribution < -0.4 is 20.3 Å². The van der Waals surface area contributed by atoms with E-state index in [0.29, 0.717) is 54.2 Å². The smallest absolute Gasteiger partial charge is 0.339 e. The van der Waals surface area contributed by atoms with E-state index < -0.39 is 6.03 Å². The first-order valence-electron chi connectivity index (χ1n) is 11.3. The van der Waals surface area contributed by atoms with Crippen LogP contribution in [0.25, 0.3) is 11.3 Å². The van der Waals surface area contributed by atoms with Crippen LogP contribution in [-0.4, -0.2) is 47.8 Å². The lowest BCUT2D eigenvalue weighted by molar-refractivity contribution is -0.119. The second-order valence-corrected chi connectivity index (χ2v) is 8.37. The predicted molar refractivity (Wildman–Crippen MR) is 127 cm³/mol. The first-order valence-corrected chi connectivity index (χ1v) is 11.3. The van der Waals surface area contributed by atoms with Crippen molar-refractivity contribution in [3.8, 4) is 17.0 Å². The number of primary amides is 1. The number of nitrogens with zero attached hydrogens (tertiary/aromatic N) is 4. The van der Waals surface area contributed by atoms with Gasteiger partial charge in [0.1, 0.15) is 11.4 Å². The van der Waals surface area contributed by atoms with Gasteiger partial charge in [0.2, 0.25) is 5.91 Å². The van der Waals surface area contributed by atoms with Crippen molar-refractivity contribution in [2.24, 2.45) is 5.73 Å². The van der Waals surface area contributed by atoms with E-state index in [1.54, 1.807) is 41.2 Å². The number of amides is 3. The molecule has 9 heteroatoms. The van der Waals surface area contributed by atoms with E-state index in [2.05, 4.69) is 5.10 Å². The van der Waals surface area contributed by atoms with E-state index in [0.717, 1.165) is 28.9 Å². The number of fused-ring (bicyclic) bond motifs is 1. The summed E-state index contributed by atoms with van der Waals surface area (Å²) in [5.74, 6) is 0.550. The van der Waals surface area contributed by atoms with Crippen molar-refractivity contribution in [2.75, 3.05) is 30.0 Å². The molecule has 2 aliphatic heterocycles. The first kappa shape index (κ1) is 21.7. The molecule has 3 aromatic rings. The lowest BCUT2D eigenvalue weighted by Gasteiger charge is -2.29. The van der Waals surface area contributed by atoms with Gasteiger partial charge in [-0.3, -0.25) is 9.59 Å². The Hall–Kier alpha value is -4.14. The molecular weight excluding hydrogens is 434 g/mol. The summed E-state index contributed by atoms with van der Waals surface area (Å²) in [4.78, 5) is 41.4. The van der Waals surface area contributed by atoms with Gasteiger partial charge in [0, 0.05) is 42.9 Å². The minimum atomic E-state index is -0.729. The average molecular weight is 460 g/mol. The summed E-state index contributed by atoms with van der Waals surface area (Å²) in [6.07, 6.45) is 2.90. The normalized spacial score (nSPS) is 15.9. The Kier molecular flexibility index (Phi) is 5.53. The Morgan fingerprint density at radius 3 is 2.21 bits per heavy atom. The molecule has 3 amide bonds. The van der Waals surface area contributed by atoms with Gasteiger partial charge in [0.05, 0.1) is 18.4 Å². The molecule has 0 saturated carbocycles. The molecule has 0 atom stereocenters. The second kappa shape index (κ2) is 8.66. The zero-order valence-electron chi connectivity index (χ0n) is 18.9. The van der Waals surface area contributed by atoms with Gasteiger partial charge in [-0.25, -0.2) is 4.79 Å². The van der Waals surface area contributed by atoms with Gasteiger partial charge in [-0.15, -0.1) is 0 Å². The molecule has 1 fully saturated rings. The summed E-state index contributed by atoms with van der Waals surface area (Å²) in [5.41, 5.74) is 9.07. The summed E-state index contributed by atoms with van der Waals surface area (Å²) in [7, 11) is 1.58. The predicted octanol–water partition coefficient (Wildman–Crippen LogP) is 3.21. The van der Waals surface area contributed by atoms with Gasteiger partial charge in [-0.1, -0.05) is 0 Å². The molecular formula is C25H25N5O4. The molecule has 2 aliphatic rings. The van der Waals surface area contributed by atoms with Crippen LogP contribution in [0.15, 0.2) is 48.5 Å². The molecule has 2 N–H and O–H groups in total. The monoisotopic (exact) mass is 459 g/mol. The molecule has 0 spiro atoms. The highest BCUT2D eigenvalue weighted by atomic mass is 16.5. The molecule has 0 radical (unpaired) electrons. The number of anilines is 2. The number of rotatable bonds is 4. The lowest BCUT2D eigenvalue weighted by atomic mass is 9.99. The van der Waals surface area contributed by atoms with Crippen LogP contribution in [0.3, 0.4) is 0 Å². The van der Waals surface area contributed by atoms with Crippen LogP contribution in [0.5, 0.6) is 5.75 Å². The Morgan fingerprint density at radius 2 is 1.59 bits per heavy atom. The minimum absolute atomic E-state index is 0.126. The van der Waals surface area contributed by atoms with Crippen molar-refractivity contribution in [3.05, 3.63) is 59.8 Å². The fraction of sp³-hybridized carbons (Fsp3) is 0.280. The SMILES string of the molecule is COc1ccc(-c2nn(C(N)=O)c3c2C(=O)N(c2ccc(N4CCCCC4=O)cc2)CC3)cc1. The second-order valence-electron chi connectivity index (χ2n) is 8.37. The highest BCUT2D eigenvalue weighted by molar-refractivity contribution is 6.12. The summed E-state index contributed by atoms with van der Waals surface area (Å²) >= 11 is 0. The summed E-state index contributed by atoms with van der Waals surface area (Å²) in [6, 6.07) is 13.9. The number of carbonyl (C=O) groups is 3. The van der Waals surface area contributed by atoms with Crippen molar-refractivity contribution in [2.45, 2.75) is 25.7 Å². The quantitative estimate of drug-likeness (QED) is 0.644. The number of aromatic nitrogens is 2. The highest BCUT2D eigenvalue weighted by Crippen LogP contribution is 2.33. The number of hydrogen-bond donors (Lipinski definition) is 1. The van der Waals surface area contributed by atoms with Crippen molar-refractivity contribution >= 4 is 29.2 Å². The summed E-state index contributed by atoms with van der Waals surface area (Å²) in [5, 5.41) is 4.39. The molecule has 0 bridgehead atoms. The number of piperidine rings is 1. The third-order valence-electron chi connectivity index (χ3n) is 6.38. The number of methoxy groups -OCH3 is 1. The maximum atomic E-state index is 13.6. The van der Waals surface area contributed by atoms with Crippen LogP contribution in [0.4, 0.5) is 16.2 Å². The first-order chi connectivity index (χ1) is 16.5. The van der Waals surface area contributed by atoms with Crippen LogP contribution in [0.1, 0.15) is 35.3 Å². The molecule has 1 saturated heterocycles. The Labute approximate surface area is 196 Å². The van der Waals surface area contributed by atoms with Crippen LogP contribution in [-0.2, 0) is 11.2 Å². The van der Waals surface area contributed by atoms with Crippen LogP contribution in [0, 0.1) is 0 Å². The van der Waals surface area contributed by atoms with Gasteiger partial charge in [0.15, 0.2) is 0 Å². The number of carbonyl (C=O) groups excluding carboxylic acids is 3. The van der Waals surface area contributed by atoms with E-state index in [1.165, 1.54) is 0 Å². The third kappa shape index (κ3) is 3.68. The van der Waals surface area contributed by atoms with Crippen molar-refractivity contribution < 1.29 is 19.1 Å². The molecule has 3 heterocycles. The molecule has 34 heavy (non-hydrogen) atoms. The van der Waals surface area contributed by atoms with Gasteiger partial charge in [-0.05, 0) is 61.4 Å². The number of hydrogen-bond acceptors (Lipinski definition) is 5. The highest BCUT2D eigenvalue weighted by Gasteiger charge is 2.34. The molecule has 1 aromatic heterocycles. The summed E-state index contributed by atoms with van der Waals surface area (Å²) in [6.45, 7) is 1.09.